The number of guanidine groups is 1. The van der Waals surface area contributed by atoms with E-state index in [9.17, 15) is 0 Å². The highest BCUT2D eigenvalue weighted by Crippen LogP contribution is 2.22. The Kier molecular flexibility index (Phi) is 2.78. The normalized spacial score (nSPS) is 25.4. The van der Waals surface area contributed by atoms with Crippen molar-refractivity contribution in [2.24, 2.45) is 22.6 Å². The molecule has 0 spiro atoms. The lowest BCUT2D eigenvalue weighted by Crippen LogP contribution is -2.43. The zero-order valence-electron chi connectivity index (χ0n) is 7.83. The van der Waals surface area contributed by atoms with Crippen molar-refractivity contribution in [3.63, 3.8) is 0 Å². The van der Waals surface area contributed by atoms with Gasteiger partial charge in [0, 0.05) is 12.6 Å². The summed E-state index contributed by atoms with van der Waals surface area (Å²) in [5, 5.41) is 3.52. The van der Waals surface area contributed by atoms with Crippen LogP contribution in [0.5, 0.6) is 0 Å². The molecule has 4 nitrogen and oxygen atoms in total. The van der Waals surface area contributed by atoms with Gasteiger partial charge in [-0.05, 0) is 18.8 Å². The van der Waals surface area contributed by atoms with Crippen LogP contribution in [0.2, 0.25) is 0 Å². The van der Waals surface area contributed by atoms with E-state index in [1.165, 1.54) is 12.8 Å². The molecular formula is C8H18N4. The molecule has 0 aliphatic carbocycles. The van der Waals surface area contributed by atoms with Crippen molar-refractivity contribution in [3.8, 4) is 0 Å². The van der Waals surface area contributed by atoms with Crippen LogP contribution < -0.4 is 11.6 Å². The van der Waals surface area contributed by atoms with Crippen molar-refractivity contribution < 1.29 is 0 Å². The van der Waals surface area contributed by atoms with Crippen LogP contribution in [-0.4, -0.2) is 23.4 Å². The Morgan fingerprint density at radius 1 is 1.58 bits per heavy atom. The Balaban J connectivity index is 2.64. The molecule has 0 amide bonds. The summed E-state index contributed by atoms with van der Waals surface area (Å²) in [7, 11) is 0. The van der Waals surface area contributed by atoms with Crippen LogP contribution >= 0.6 is 0 Å². The van der Waals surface area contributed by atoms with E-state index in [0.29, 0.717) is 17.9 Å². The van der Waals surface area contributed by atoms with E-state index in [1.807, 2.05) is 0 Å². The third-order valence-corrected chi connectivity index (χ3v) is 2.50. The lowest BCUT2D eigenvalue weighted by atomic mass is 10.0. The van der Waals surface area contributed by atoms with Gasteiger partial charge in [0.1, 0.15) is 0 Å². The molecular weight excluding hydrogens is 152 g/mol. The van der Waals surface area contributed by atoms with Gasteiger partial charge in [0.2, 0.25) is 5.96 Å². The SMILES string of the molecule is CC(C)C1CCCN1C(N)=NN. The van der Waals surface area contributed by atoms with Crippen molar-refractivity contribution in [2.45, 2.75) is 32.7 Å². The highest BCUT2D eigenvalue weighted by molar-refractivity contribution is 5.78. The van der Waals surface area contributed by atoms with Crippen LogP contribution in [0.4, 0.5) is 0 Å². The molecule has 0 aromatic rings. The van der Waals surface area contributed by atoms with E-state index < -0.39 is 0 Å². The summed E-state index contributed by atoms with van der Waals surface area (Å²) < 4.78 is 0. The minimum Gasteiger partial charge on any atom is -0.368 e. The Labute approximate surface area is 73.6 Å². The number of hydrazone groups is 1. The van der Waals surface area contributed by atoms with E-state index in [1.54, 1.807) is 0 Å². The van der Waals surface area contributed by atoms with E-state index in [-0.39, 0.29) is 0 Å². The van der Waals surface area contributed by atoms with Crippen molar-refractivity contribution in [2.75, 3.05) is 6.54 Å². The van der Waals surface area contributed by atoms with Gasteiger partial charge in [0.25, 0.3) is 0 Å². The molecule has 1 rings (SSSR count). The zero-order valence-corrected chi connectivity index (χ0v) is 7.83. The zero-order chi connectivity index (χ0) is 9.14. The van der Waals surface area contributed by atoms with Gasteiger partial charge >= 0.3 is 0 Å². The first kappa shape index (κ1) is 9.16. The molecule has 1 fully saturated rings. The first-order valence-electron chi connectivity index (χ1n) is 4.46. The molecule has 1 aliphatic rings. The maximum Gasteiger partial charge on any atom is 0.213 e. The number of likely N-dealkylation sites (tertiary alicyclic amines) is 1. The topological polar surface area (TPSA) is 67.6 Å². The maximum absolute atomic E-state index is 5.66. The van der Waals surface area contributed by atoms with Crippen LogP contribution in [0.15, 0.2) is 5.10 Å². The number of hydrogen-bond acceptors (Lipinski definition) is 2. The molecule has 4 N–H and O–H groups in total. The Morgan fingerprint density at radius 2 is 2.25 bits per heavy atom. The fraction of sp³-hybridized carbons (Fsp3) is 0.875. The number of hydrogen-bond donors (Lipinski definition) is 2. The van der Waals surface area contributed by atoms with Gasteiger partial charge in [-0.1, -0.05) is 13.8 Å². The highest BCUT2D eigenvalue weighted by atomic mass is 15.3. The lowest BCUT2D eigenvalue weighted by molar-refractivity contribution is 0.305. The van der Waals surface area contributed by atoms with Crippen molar-refractivity contribution in [3.05, 3.63) is 0 Å². The predicted octanol–water partition coefficient (Wildman–Crippen LogP) is 0.295. The third-order valence-electron chi connectivity index (χ3n) is 2.50. The molecule has 1 heterocycles. The van der Waals surface area contributed by atoms with Gasteiger partial charge in [0.15, 0.2) is 0 Å². The average molecular weight is 170 g/mol. The predicted molar refractivity (Wildman–Crippen MR) is 50.4 cm³/mol. The van der Waals surface area contributed by atoms with Crippen LogP contribution in [0.1, 0.15) is 26.7 Å². The number of nitrogens with two attached hydrogens (primary N) is 2. The van der Waals surface area contributed by atoms with Gasteiger partial charge in [-0.25, -0.2) is 0 Å². The van der Waals surface area contributed by atoms with E-state index in [0.717, 1.165) is 6.54 Å². The first-order chi connectivity index (χ1) is 5.66. The summed E-state index contributed by atoms with van der Waals surface area (Å²) >= 11 is 0. The fourth-order valence-electron chi connectivity index (χ4n) is 1.84. The van der Waals surface area contributed by atoms with Gasteiger partial charge in [-0.15, -0.1) is 5.10 Å². The third kappa shape index (κ3) is 1.62. The van der Waals surface area contributed by atoms with Crippen molar-refractivity contribution >= 4 is 5.96 Å². The minimum atomic E-state index is 0.478. The quantitative estimate of drug-likeness (QED) is 0.257. The monoisotopic (exact) mass is 170 g/mol. The second-order valence-corrected chi connectivity index (χ2v) is 3.63. The van der Waals surface area contributed by atoms with Crippen LogP contribution in [0, 0.1) is 5.92 Å². The van der Waals surface area contributed by atoms with Gasteiger partial charge in [-0.2, -0.15) is 0 Å². The highest BCUT2D eigenvalue weighted by Gasteiger charge is 2.28. The minimum absolute atomic E-state index is 0.478. The molecule has 12 heavy (non-hydrogen) atoms. The molecule has 0 bridgehead atoms. The summed E-state index contributed by atoms with van der Waals surface area (Å²) in [4.78, 5) is 2.10. The second-order valence-electron chi connectivity index (χ2n) is 3.63. The molecule has 0 radical (unpaired) electrons. The van der Waals surface area contributed by atoms with Crippen molar-refractivity contribution in [1.82, 2.24) is 4.90 Å². The molecule has 0 saturated carbocycles. The summed E-state index contributed by atoms with van der Waals surface area (Å²) in [6.45, 7) is 5.40. The number of rotatable bonds is 1. The lowest BCUT2D eigenvalue weighted by Gasteiger charge is -2.27. The summed E-state index contributed by atoms with van der Waals surface area (Å²) in [6.07, 6.45) is 2.40. The molecule has 1 unspecified atom stereocenters. The summed E-state index contributed by atoms with van der Waals surface area (Å²) in [5.41, 5.74) is 5.66. The Hall–Kier alpha value is -0.930. The second kappa shape index (κ2) is 3.65. The standard InChI is InChI=1S/C8H18N4/c1-6(2)7-4-3-5-12(7)8(9)11-10/h6-7H,3-5,10H2,1-2H3,(H2,9,11). The number of nitrogens with zero attached hydrogens (tertiary/aromatic N) is 2. The van der Waals surface area contributed by atoms with E-state index in [4.69, 9.17) is 11.6 Å². The molecule has 1 aliphatic heterocycles. The van der Waals surface area contributed by atoms with Crippen LogP contribution in [0.3, 0.4) is 0 Å². The first-order valence-corrected chi connectivity index (χ1v) is 4.46. The van der Waals surface area contributed by atoms with Crippen LogP contribution in [0.25, 0.3) is 0 Å². The summed E-state index contributed by atoms with van der Waals surface area (Å²) in [5.74, 6) is 6.23. The molecule has 0 aromatic carbocycles. The van der Waals surface area contributed by atoms with Crippen LogP contribution in [-0.2, 0) is 0 Å². The van der Waals surface area contributed by atoms with E-state index >= 15 is 0 Å². The van der Waals surface area contributed by atoms with Crippen molar-refractivity contribution in [1.29, 1.82) is 0 Å². The Morgan fingerprint density at radius 3 is 2.75 bits per heavy atom. The Bertz CT molecular complexity index is 176. The summed E-state index contributed by atoms with van der Waals surface area (Å²) in [6, 6.07) is 0.525. The fourth-order valence-corrected chi connectivity index (χ4v) is 1.84. The molecule has 1 saturated heterocycles. The molecule has 4 heteroatoms. The average Bonchev–Trinajstić information content (AvgIpc) is 2.50. The largest absolute Gasteiger partial charge is 0.368 e. The van der Waals surface area contributed by atoms with Gasteiger partial charge in [0.05, 0.1) is 0 Å². The molecule has 70 valence electrons. The maximum atomic E-state index is 5.66. The smallest absolute Gasteiger partial charge is 0.213 e. The molecule has 0 aromatic heterocycles. The van der Waals surface area contributed by atoms with Gasteiger partial charge < -0.3 is 16.5 Å². The molecule has 1 atom stereocenters. The van der Waals surface area contributed by atoms with E-state index in [2.05, 4.69) is 23.8 Å². The van der Waals surface area contributed by atoms with Gasteiger partial charge in [-0.3, -0.25) is 0 Å².